The number of nitrogens with zero attached hydrogens (tertiary/aromatic N) is 1. The van der Waals surface area contributed by atoms with E-state index in [1.165, 1.54) is 36.4 Å². The summed E-state index contributed by atoms with van der Waals surface area (Å²) in [5.74, 6) is -2.46. The molecule has 0 aliphatic heterocycles. The van der Waals surface area contributed by atoms with Gasteiger partial charge in [0.15, 0.2) is 0 Å². The van der Waals surface area contributed by atoms with Gasteiger partial charge in [-0.1, -0.05) is 24.3 Å². The van der Waals surface area contributed by atoms with Gasteiger partial charge in [0.05, 0.1) is 16.7 Å². The number of halogens is 2. The van der Waals surface area contributed by atoms with Gasteiger partial charge in [-0.05, 0) is 66.4 Å². The van der Waals surface area contributed by atoms with E-state index in [0.29, 0.717) is 22.3 Å². The third kappa shape index (κ3) is 4.53. The normalized spacial score (nSPS) is 11.2. The molecule has 0 atom stereocenters. The summed E-state index contributed by atoms with van der Waals surface area (Å²) in [5, 5.41) is 28.2. The Balaban J connectivity index is 2.17. The molecule has 3 aromatic carbocycles. The zero-order valence-corrected chi connectivity index (χ0v) is 16.4. The molecule has 0 fully saturated rings. The van der Waals surface area contributed by atoms with Crippen molar-refractivity contribution in [3.63, 3.8) is 0 Å². The zero-order valence-electron chi connectivity index (χ0n) is 16.4. The molecule has 0 radical (unpaired) electrons. The van der Waals surface area contributed by atoms with Gasteiger partial charge in [0.1, 0.15) is 17.7 Å². The Morgan fingerprint density at radius 3 is 2.23 bits per heavy atom. The maximum atomic E-state index is 14.9. The number of hydrogen-bond donors (Lipinski definition) is 2. The molecule has 0 heterocycles. The van der Waals surface area contributed by atoms with Crippen molar-refractivity contribution in [3.8, 4) is 28.3 Å². The van der Waals surface area contributed by atoms with Crippen LogP contribution in [0.5, 0.6) is 0 Å². The fourth-order valence-corrected chi connectivity index (χ4v) is 3.31. The highest BCUT2D eigenvalue weighted by atomic mass is 19.1. The van der Waals surface area contributed by atoms with Crippen LogP contribution in [0.15, 0.2) is 54.6 Å². The smallest absolute Gasteiger partial charge is 0.335 e. The monoisotopic (exact) mass is 407 g/mol. The zero-order chi connectivity index (χ0) is 22.1. The van der Waals surface area contributed by atoms with E-state index in [-0.39, 0.29) is 23.1 Å². The van der Waals surface area contributed by atoms with Crippen molar-refractivity contribution in [1.82, 2.24) is 0 Å². The van der Waals surface area contributed by atoms with Crippen LogP contribution in [0, 0.1) is 23.0 Å². The lowest BCUT2D eigenvalue weighted by Gasteiger charge is -2.18. The van der Waals surface area contributed by atoms with Crippen molar-refractivity contribution in [2.24, 2.45) is 0 Å². The van der Waals surface area contributed by atoms with Crippen LogP contribution in [0.4, 0.5) is 8.78 Å². The molecule has 0 aliphatic carbocycles. The van der Waals surface area contributed by atoms with Crippen molar-refractivity contribution in [3.05, 3.63) is 82.9 Å². The molecule has 6 heteroatoms. The van der Waals surface area contributed by atoms with E-state index in [1.807, 2.05) is 0 Å². The van der Waals surface area contributed by atoms with Crippen LogP contribution in [0.2, 0.25) is 0 Å². The first-order valence-corrected chi connectivity index (χ1v) is 9.17. The van der Waals surface area contributed by atoms with E-state index in [9.17, 15) is 23.8 Å². The third-order valence-corrected chi connectivity index (χ3v) is 4.63. The molecule has 30 heavy (non-hydrogen) atoms. The number of nitriles is 1. The summed E-state index contributed by atoms with van der Waals surface area (Å²) in [5.41, 5.74) is 0.688. The minimum atomic E-state index is -1.17. The molecule has 0 unspecified atom stereocenters. The average Bonchev–Trinajstić information content (AvgIpc) is 2.66. The van der Waals surface area contributed by atoms with Crippen LogP contribution in [-0.2, 0) is 6.42 Å². The number of carboxylic acids is 1. The fraction of sp³-hybridized carbons (Fsp3) is 0.167. The SMILES string of the molecule is CC(C)(O)Cc1ccc(-c2ccc(C(=O)O)cc2-c2ccc(C#N)c(F)c2)c(F)c1. The number of rotatable bonds is 5. The van der Waals surface area contributed by atoms with Crippen molar-refractivity contribution < 1.29 is 23.8 Å². The molecule has 2 N–H and O–H groups in total. The summed E-state index contributed by atoms with van der Waals surface area (Å²) in [4.78, 5) is 11.4. The Bertz CT molecular complexity index is 1170. The van der Waals surface area contributed by atoms with E-state index in [1.54, 1.807) is 32.0 Å². The number of aromatic carboxylic acids is 1. The first-order chi connectivity index (χ1) is 14.1. The molecule has 0 spiro atoms. The van der Waals surface area contributed by atoms with Crippen molar-refractivity contribution in [2.45, 2.75) is 25.9 Å². The lowest BCUT2D eigenvalue weighted by atomic mass is 9.90. The van der Waals surface area contributed by atoms with Crippen molar-refractivity contribution in [1.29, 1.82) is 5.26 Å². The molecular formula is C24H19F2NO3. The Labute approximate surface area is 172 Å². The van der Waals surface area contributed by atoms with Crippen LogP contribution in [0.1, 0.15) is 35.3 Å². The van der Waals surface area contributed by atoms with Crippen LogP contribution in [-0.4, -0.2) is 21.8 Å². The summed E-state index contributed by atoms with van der Waals surface area (Å²) in [7, 11) is 0. The molecule has 0 aliphatic rings. The molecular weight excluding hydrogens is 388 g/mol. The Morgan fingerprint density at radius 1 is 0.967 bits per heavy atom. The average molecular weight is 407 g/mol. The summed E-state index contributed by atoms with van der Waals surface area (Å²) in [6.45, 7) is 3.25. The highest BCUT2D eigenvalue weighted by Crippen LogP contribution is 2.35. The second-order valence-electron chi connectivity index (χ2n) is 7.68. The highest BCUT2D eigenvalue weighted by molar-refractivity contribution is 5.93. The number of hydrogen-bond acceptors (Lipinski definition) is 3. The number of carbonyl (C=O) groups is 1. The van der Waals surface area contributed by atoms with Gasteiger partial charge in [-0.15, -0.1) is 0 Å². The fourth-order valence-electron chi connectivity index (χ4n) is 3.31. The van der Waals surface area contributed by atoms with Gasteiger partial charge in [-0.25, -0.2) is 13.6 Å². The molecule has 0 bridgehead atoms. The van der Waals surface area contributed by atoms with Gasteiger partial charge >= 0.3 is 5.97 Å². The maximum Gasteiger partial charge on any atom is 0.335 e. The Kier molecular flexibility index (Phi) is 5.68. The molecule has 0 saturated carbocycles. The Hall–Kier alpha value is -3.56. The Morgan fingerprint density at radius 2 is 1.67 bits per heavy atom. The first-order valence-electron chi connectivity index (χ1n) is 9.17. The minimum Gasteiger partial charge on any atom is -0.478 e. The predicted octanol–water partition coefficient (Wildman–Crippen LogP) is 5.18. The quantitative estimate of drug-likeness (QED) is 0.610. The largest absolute Gasteiger partial charge is 0.478 e. The highest BCUT2D eigenvalue weighted by Gasteiger charge is 2.18. The van der Waals surface area contributed by atoms with Crippen molar-refractivity contribution >= 4 is 5.97 Å². The lowest BCUT2D eigenvalue weighted by Crippen LogP contribution is -2.21. The number of carboxylic acid groups (broad SMARTS) is 1. The lowest BCUT2D eigenvalue weighted by molar-refractivity contribution is 0.0696. The molecule has 152 valence electrons. The van der Waals surface area contributed by atoms with E-state index in [0.717, 1.165) is 6.07 Å². The van der Waals surface area contributed by atoms with E-state index in [4.69, 9.17) is 5.26 Å². The molecule has 0 amide bonds. The van der Waals surface area contributed by atoms with Gasteiger partial charge in [0.2, 0.25) is 0 Å². The van der Waals surface area contributed by atoms with Crippen molar-refractivity contribution in [2.75, 3.05) is 0 Å². The summed E-state index contributed by atoms with van der Waals surface area (Å²) in [6.07, 6.45) is 0.260. The summed E-state index contributed by atoms with van der Waals surface area (Å²) >= 11 is 0. The van der Waals surface area contributed by atoms with Gasteiger partial charge in [0.25, 0.3) is 0 Å². The second kappa shape index (κ2) is 8.05. The number of aliphatic hydroxyl groups is 1. The molecule has 0 aromatic heterocycles. The van der Waals surface area contributed by atoms with Gasteiger partial charge in [-0.2, -0.15) is 5.26 Å². The third-order valence-electron chi connectivity index (χ3n) is 4.63. The molecule has 4 nitrogen and oxygen atoms in total. The predicted molar refractivity (Wildman–Crippen MR) is 109 cm³/mol. The first kappa shape index (κ1) is 21.2. The van der Waals surface area contributed by atoms with Crippen LogP contribution in [0.25, 0.3) is 22.3 Å². The van der Waals surface area contributed by atoms with Crippen LogP contribution < -0.4 is 0 Å². The number of benzene rings is 3. The van der Waals surface area contributed by atoms with Gasteiger partial charge in [0, 0.05) is 12.0 Å². The summed E-state index contributed by atoms with van der Waals surface area (Å²) < 4.78 is 29.1. The topological polar surface area (TPSA) is 81.3 Å². The second-order valence-corrected chi connectivity index (χ2v) is 7.68. The standard InChI is InChI=1S/C24H19F2NO3/c1-24(2,30)12-14-3-7-19(22(26)9-14)18-8-6-16(23(28)29)10-20(18)15-4-5-17(13-27)21(25)11-15/h3-11,30H,12H2,1-2H3,(H,28,29). The van der Waals surface area contributed by atoms with E-state index >= 15 is 0 Å². The van der Waals surface area contributed by atoms with E-state index in [2.05, 4.69) is 0 Å². The molecule has 3 aromatic rings. The molecule has 3 rings (SSSR count). The maximum absolute atomic E-state index is 14.9. The molecule has 0 saturated heterocycles. The summed E-state index contributed by atoms with van der Waals surface area (Å²) in [6, 6.07) is 14.4. The minimum absolute atomic E-state index is 0.0300. The van der Waals surface area contributed by atoms with Gasteiger partial charge < -0.3 is 10.2 Å². The van der Waals surface area contributed by atoms with Crippen LogP contribution in [0.3, 0.4) is 0 Å². The van der Waals surface area contributed by atoms with E-state index < -0.39 is 23.2 Å². The van der Waals surface area contributed by atoms with Gasteiger partial charge in [-0.3, -0.25) is 0 Å². The van der Waals surface area contributed by atoms with Crippen LogP contribution >= 0.6 is 0 Å².